The van der Waals surface area contributed by atoms with Gasteiger partial charge in [-0.3, -0.25) is 0 Å². The summed E-state index contributed by atoms with van der Waals surface area (Å²) in [4.78, 5) is 0. The first-order valence-corrected chi connectivity index (χ1v) is 4.06. The van der Waals surface area contributed by atoms with Crippen LogP contribution in [0.4, 0.5) is 0 Å². The first-order chi connectivity index (χ1) is 5.07. The minimum absolute atomic E-state index is 0.311. The lowest BCUT2D eigenvalue weighted by Gasteiger charge is -2.11. The second kappa shape index (κ2) is 5.33. The minimum Gasteiger partial charge on any atom is -0.393 e. The molecule has 0 bridgehead atoms. The summed E-state index contributed by atoms with van der Waals surface area (Å²) in [5, 5.41) is 18.3. The summed E-state index contributed by atoms with van der Waals surface area (Å²) in [7, 11) is 0. The Bertz CT molecular complexity index is 128. The summed E-state index contributed by atoms with van der Waals surface area (Å²) >= 11 is 0. The summed E-state index contributed by atoms with van der Waals surface area (Å²) in [6, 6.07) is 0. The number of aliphatic hydroxyl groups is 2. The van der Waals surface area contributed by atoms with Gasteiger partial charge in [0.1, 0.15) is 0 Å². The van der Waals surface area contributed by atoms with Crippen molar-refractivity contribution in [1.29, 1.82) is 0 Å². The zero-order chi connectivity index (χ0) is 8.85. The molecule has 2 unspecified atom stereocenters. The molecule has 0 aliphatic heterocycles. The Hall–Kier alpha value is -0.340. The van der Waals surface area contributed by atoms with E-state index in [1.165, 1.54) is 0 Å². The number of rotatable bonds is 4. The van der Waals surface area contributed by atoms with Crippen molar-refractivity contribution in [2.45, 2.75) is 45.8 Å². The highest BCUT2D eigenvalue weighted by Crippen LogP contribution is 2.09. The summed E-state index contributed by atoms with van der Waals surface area (Å²) in [5.74, 6) is 0. The molecular weight excluding hydrogens is 140 g/mol. The van der Waals surface area contributed by atoms with Gasteiger partial charge < -0.3 is 10.2 Å². The lowest BCUT2D eigenvalue weighted by molar-refractivity contribution is 0.141. The standard InChI is InChI=1S/C9H18O2/c1-4-7(2)9(11)6-5-8(3)10/h4,8-11H,5-6H2,1-3H3. The molecule has 2 atom stereocenters. The van der Waals surface area contributed by atoms with Crippen LogP contribution in [0.25, 0.3) is 0 Å². The van der Waals surface area contributed by atoms with Crippen LogP contribution in [0.3, 0.4) is 0 Å². The van der Waals surface area contributed by atoms with Gasteiger partial charge in [-0.15, -0.1) is 0 Å². The zero-order valence-corrected chi connectivity index (χ0v) is 7.54. The SMILES string of the molecule is CC=C(C)C(O)CCC(C)O. The van der Waals surface area contributed by atoms with Crippen LogP contribution >= 0.6 is 0 Å². The van der Waals surface area contributed by atoms with E-state index in [4.69, 9.17) is 5.11 Å². The molecule has 0 spiro atoms. The van der Waals surface area contributed by atoms with Crippen LogP contribution in [-0.4, -0.2) is 22.4 Å². The van der Waals surface area contributed by atoms with Crippen LogP contribution in [-0.2, 0) is 0 Å². The van der Waals surface area contributed by atoms with E-state index in [2.05, 4.69) is 0 Å². The Morgan fingerprint density at radius 2 is 1.91 bits per heavy atom. The molecule has 0 aromatic rings. The quantitative estimate of drug-likeness (QED) is 0.608. The number of allylic oxidation sites excluding steroid dienone is 1. The molecule has 0 saturated heterocycles. The molecule has 66 valence electrons. The smallest absolute Gasteiger partial charge is 0.0748 e. The van der Waals surface area contributed by atoms with Gasteiger partial charge in [0, 0.05) is 0 Å². The molecule has 0 aromatic heterocycles. The van der Waals surface area contributed by atoms with Gasteiger partial charge in [-0.25, -0.2) is 0 Å². The van der Waals surface area contributed by atoms with Gasteiger partial charge >= 0.3 is 0 Å². The molecule has 2 heteroatoms. The molecule has 2 nitrogen and oxygen atoms in total. The monoisotopic (exact) mass is 158 g/mol. The van der Waals surface area contributed by atoms with Crippen molar-refractivity contribution < 1.29 is 10.2 Å². The largest absolute Gasteiger partial charge is 0.393 e. The molecule has 0 amide bonds. The van der Waals surface area contributed by atoms with Gasteiger partial charge in [-0.1, -0.05) is 6.08 Å². The van der Waals surface area contributed by atoms with E-state index in [1.807, 2.05) is 19.9 Å². The molecule has 0 saturated carbocycles. The number of aliphatic hydroxyl groups excluding tert-OH is 2. The van der Waals surface area contributed by atoms with Gasteiger partial charge in [-0.2, -0.15) is 0 Å². The summed E-state index contributed by atoms with van der Waals surface area (Å²) in [5.41, 5.74) is 0.977. The average Bonchev–Trinajstić information content (AvgIpc) is 1.98. The highest BCUT2D eigenvalue weighted by atomic mass is 16.3. The van der Waals surface area contributed by atoms with E-state index in [9.17, 15) is 5.11 Å². The maximum atomic E-state index is 9.39. The zero-order valence-electron chi connectivity index (χ0n) is 7.54. The lowest BCUT2D eigenvalue weighted by atomic mass is 10.0. The highest BCUT2D eigenvalue weighted by Gasteiger charge is 2.06. The first-order valence-electron chi connectivity index (χ1n) is 4.06. The van der Waals surface area contributed by atoms with Crippen LogP contribution in [0.5, 0.6) is 0 Å². The lowest BCUT2D eigenvalue weighted by Crippen LogP contribution is -2.11. The number of hydrogen-bond acceptors (Lipinski definition) is 2. The second-order valence-electron chi connectivity index (χ2n) is 2.97. The topological polar surface area (TPSA) is 40.5 Å². The van der Waals surface area contributed by atoms with E-state index < -0.39 is 0 Å². The van der Waals surface area contributed by atoms with Crippen molar-refractivity contribution >= 4 is 0 Å². The van der Waals surface area contributed by atoms with Crippen molar-refractivity contribution in [3.8, 4) is 0 Å². The third-order valence-corrected chi connectivity index (χ3v) is 1.84. The Labute approximate surface area is 68.6 Å². The first kappa shape index (κ1) is 10.7. The Balaban J connectivity index is 3.61. The van der Waals surface area contributed by atoms with E-state index >= 15 is 0 Å². The molecular formula is C9H18O2. The summed E-state index contributed by atoms with van der Waals surface area (Å²) in [6.45, 7) is 5.53. The van der Waals surface area contributed by atoms with Crippen LogP contribution in [0.1, 0.15) is 33.6 Å². The third kappa shape index (κ3) is 4.99. The van der Waals surface area contributed by atoms with Crippen LogP contribution in [0.15, 0.2) is 11.6 Å². The van der Waals surface area contributed by atoms with Crippen molar-refractivity contribution in [3.05, 3.63) is 11.6 Å². The Morgan fingerprint density at radius 1 is 1.36 bits per heavy atom. The van der Waals surface area contributed by atoms with E-state index in [0.29, 0.717) is 12.8 Å². The summed E-state index contributed by atoms with van der Waals surface area (Å²) < 4.78 is 0. The predicted molar refractivity (Wildman–Crippen MR) is 46.4 cm³/mol. The van der Waals surface area contributed by atoms with E-state index in [-0.39, 0.29) is 12.2 Å². The Kier molecular flexibility index (Phi) is 5.16. The molecule has 11 heavy (non-hydrogen) atoms. The molecule has 0 fully saturated rings. The average molecular weight is 158 g/mol. The van der Waals surface area contributed by atoms with E-state index in [0.717, 1.165) is 5.57 Å². The maximum Gasteiger partial charge on any atom is 0.0748 e. The van der Waals surface area contributed by atoms with Crippen LogP contribution in [0, 0.1) is 0 Å². The van der Waals surface area contributed by atoms with Crippen molar-refractivity contribution in [2.24, 2.45) is 0 Å². The van der Waals surface area contributed by atoms with Gasteiger partial charge in [0.05, 0.1) is 12.2 Å². The molecule has 0 aliphatic carbocycles. The molecule has 0 heterocycles. The molecule has 0 radical (unpaired) electrons. The maximum absolute atomic E-state index is 9.39. The second-order valence-corrected chi connectivity index (χ2v) is 2.97. The molecule has 0 aliphatic rings. The number of hydrogen-bond donors (Lipinski definition) is 2. The summed E-state index contributed by atoms with van der Waals surface area (Å²) in [6.07, 6.45) is 2.51. The van der Waals surface area contributed by atoms with Crippen molar-refractivity contribution in [1.82, 2.24) is 0 Å². The molecule has 0 rings (SSSR count). The minimum atomic E-state index is -0.380. The van der Waals surface area contributed by atoms with Gasteiger partial charge in [0.25, 0.3) is 0 Å². The predicted octanol–water partition coefficient (Wildman–Crippen LogP) is 1.47. The van der Waals surface area contributed by atoms with Gasteiger partial charge in [-0.05, 0) is 39.2 Å². The van der Waals surface area contributed by atoms with Crippen molar-refractivity contribution in [3.63, 3.8) is 0 Å². The fraction of sp³-hybridized carbons (Fsp3) is 0.778. The van der Waals surface area contributed by atoms with E-state index in [1.54, 1.807) is 6.92 Å². The molecule has 0 aromatic carbocycles. The van der Waals surface area contributed by atoms with Crippen LogP contribution in [0.2, 0.25) is 0 Å². The molecule has 2 N–H and O–H groups in total. The fourth-order valence-corrected chi connectivity index (χ4v) is 0.819. The van der Waals surface area contributed by atoms with Gasteiger partial charge in [0.15, 0.2) is 0 Å². The normalized spacial score (nSPS) is 18.1. The van der Waals surface area contributed by atoms with Gasteiger partial charge in [0.2, 0.25) is 0 Å². The Morgan fingerprint density at radius 3 is 2.27 bits per heavy atom. The van der Waals surface area contributed by atoms with Crippen LogP contribution < -0.4 is 0 Å². The fourth-order valence-electron chi connectivity index (χ4n) is 0.819. The van der Waals surface area contributed by atoms with Crippen molar-refractivity contribution in [2.75, 3.05) is 0 Å². The third-order valence-electron chi connectivity index (χ3n) is 1.84. The highest BCUT2D eigenvalue weighted by molar-refractivity contribution is 5.02.